The maximum absolute atomic E-state index is 11.9. The van der Waals surface area contributed by atoms with Crippen LogP contribution in [-0.4, -0.2) is 30.3 Å². The Morgan fingerprint density at radius 1 is 0.929 bits per heavy atom. The number of hydrogen-bond acceptors (Lipinski definition) is 2. The maximum Gasteiger partial charge on any atom is 0.458 e. The van der Waals surface area contributed by atoms with E-state index >= 15 is 0 Å². The summed E-state index contributed by atoms with van der Waals surface area (Å²) in [6.07, 6.45) is -5.70. The molecule has 0 saturated carbocycles. The molecule has 0 unspecified atom stereocenters. The third-order valence-electron chi connectivity index (χ3n) is 0.964. The summed E-state index contributed by atoms with van der Waals surface area (Å²) in [6, 6.07) is 0. The molecule has 0 atom stereocenters. The fraction of sp³-hybridized carbons (Fsp3) is 0.600. The third kappa shape index (κ3) is 4.04. The molecule has 0 aromatic heterocycles. The molecule has 9 heteroatoms. The van der Waals surface area contributed by atoms with Gasteiger partial charge in [0.05, 0.1) is 0 Å². The molecule has 0 amide bonds. The Kier molecular flexibility index (Phi) is 6.11. The summed E-state index contributed by atoms with van der Waals surface area (Å²) < 4.78 is 69.1. The van der Waals surface area contributed by atoms with Crippen molar-refractivity contribution in [1.29, 1.82) is 0 Å². The van der Waals surface area contributed by atoms with E-state index in [4.69, 9.17) is 0 Å². The van der Waals surface area contributed by atoms with E-state index in [2.05, 4.69) is 0 Å². The number of carbonyl (C=O) groups is 2. The molecule has 0 heterocycles. The molecule has 0 fully saturated rings. The fourth-order valence-electron chi connectivity index (χ4n) is 0.356. The molecular weight excluding hydrogens is 295 g/mol. The van der Waals surface area contributed by atoms with Crippen LogP contribution in [0.25, 0.3) is 0 Å². The van der Waals surface area contributed by atoms with Crippen LogP contribution < -0.4 is 0 Å². The van der Waals surface area contributed by atoms with Gasteiger partial charge in [-0.15, -0.1) is 0 Å². The van der Waals surface area contributed by atoms with Gasteiger partial charge in [-0.3, -0.25) is 9.59 Å². The van der Waals surface area contributed by atoms with Crippen molar-refractivity contribution in [2.75, 3.05) is 6.67 Å². The minimum atomic E-state index is -5.70. The predicted molar refractivity (Wildman–Crippen MR) is 27.0 cm³/mol. The Morgan fingerprint density at radius 2 is 1.29 bits per heavy atom. The van der Waals surface area contributed by atoms with Crippen molar-refractivity contribution in [3.63, 3.8) is 0 Å². The van der Waals surface area contributed by atoms with Crippen LogP contribution in [0.5, 0.6) is 0 Å². The smallest absolute Gasteiger partial charge is 0.284 e. The molecule has 14 heavy (non-hydrogen) atoms. The minimum Gasteiger partial charge on any atom is -0.284 e. The Morgan fingerprint density at radius 3 is 1.50 bits per heavy atom. The first-order chi connectivity index (χ1) is 5.63. The monoisotopic (exact) mass is 297 g/mol. The second kappa shape index (κ2) is 5.20. The molecule has 0 N–H and O–H groups in total. The van der Waals surface area contributed by atoms with E-state index in [-0.39, 0.29) is 32.7 Å². The van der Waals surface area contributed by atoms with Crippen LogP contribution in [0.2, 0.25) is 0 Å². The van der Waals surface area contributed by atoms with Gasteiger partial charge in [-0.25, -0.2) is 4.39 Å². The zero-order valence-corrected chi connectivity index (χ0v) is 9.21. The first kappa shape index (κ1) is 16.5. The number of hydrogen-bond donors (Lipinski definition) is 0. The quantitative estimate of drug-likeness (QED) is 0.581. The zero-order valence-electron chi connectivity index (χ0n) is 6.37. The number of rotatable bonds is 3. The molecule has 1 radical (unpaired) electrons. The van der Waals surface area contributed by atoms with Gasteiger partial charge in [0.1, 0.15) is 0 Å². The van der Waals surface area contributed by atoms with E-state index in [9.17, 15) is 35.9 Å². The number of ketones is 2. The number of carbonyl (C=O) groups excluding carboxylic acids is 2. The molecule has 0 rings (SSSR count). The summed E-state index contributed by atoms with van der Waals surface area (Å²) in [7, 11) is 0. The van der Waals surface area contributed by atoms with Gasteiger partial charge in [0.2, 0.25) is 0 Å². The van der Waals surface area contributed by atoms with Gasteiger partial charge in [0.25, 0.3) is 5.78 Å². The average molecular weight is 297 g/mol. The van der Waals surface area contributed by atoms with Gasteiger partial charge in [0, 0.05) is 32.7 Å². The molecule has 0 saturated heterocycles. The van der Waals surface area contributed by atoms with E-state index < -0.39 is 30.3 Å². The van der Waals surface area contributed by atoms with Gasteiger partial charge < -0.3 is 0 Å². The summed E-state index contributed by atoms with van der Waals surface area (Å²) in [5.41, 5.74) is 0. The van der Waals surface area contributed by atoms with Crippen molar-refractivity contribution >= 4 is 11.6 Å². The number of alkyl halides is 6. The summed E-state index contributed by atoms with van der Waals surface area (Å²) in [6.45, 7) is -2.63. The van der Waals surface area contributed by atoms with E-state index in [1.807, 2.05) is 0 Å². The number of Topliss-reactive ketones (excluding diaryl/α,β-unsaturated/α-hetero) is 2. The standard InChI is InChI=1S/C5H2F6O2.Y/c6-1-4(7,8)2(12)3(13)5(9,10)11;/h1H2;. The predicted octanol–water partition coefficient (Wildman–Crippen LogP) is 1.29. The van der Waals surface area contributed by atoms with E-state index in [0.717, 1.165) is 0 Å². The normalized spacial score (nSPS) is 11.9. The molecule has 0 bridgehead atoms. The second-order valence-corrected chi connectivity index (χ2v) is 1.99. The van der Waals surface area contributed by atoms with Gasteiger partial charge >= 0.3 is 17.9 Å². The molecule has 0 aliphatic carbocycles. The van der Waals surface area contributed by atoms with Crippen LogP contribution >= 0.6 is 0 Å². The summed E-state index contributed by atoms with van der Waals surface area (Å²) in [4.78, 5) is 19.8. The van der Waals surface area contributed by atoms with Crippen molar-refractivity contribution in [3.05, 3.63) is 0 Å². The largest absolute Gasteiger partial charge is 0.458 e. The molecule has 79 valence electrons. The van der Waals surface area contributed by atoms with Gasteiger partial charge in [0.15, 0.2) is 6.67 Å². The molecule has 0 spiro atoms. The van der Waals surface area contributed by atoms with Crippen molar-refractivity contribution in [1.82, 2.24) is 0 Å². The van der Waals surface area contributed by atoms with Crippen LogP contribution in [0, 0.1) is 0 Å². The summed E-state index contributed by atoms with van der Waals surface area (Å²) >= 11 is 0. The third-order valence-corrected chi connectivity index (χ3v) is 0.964. The molecule has 2 nitrogen and oxygen atoms in total. The van der Waals surface area contributed by atoms with Crippen LogP contribution in [0.15, 0.2) is 0 Å². The summed E-state index contributed by atoms with van der Waals surface area (Å²) in [5.74, 6) is -11.2. The fourth-order valence-corrected chi connectivity index (χ4v) is 0.356. The number of halogens is 6. The molecular formula is C5H2F6O2Y. The van der Waals surface area contributed by atoms with Gasteiger partial charge in [-0.1, -0.05) is 0 Å². The van der Waals surface area contributed by atoms with E-state index in [1.54, 1.807) is 0 Å². The molecule has 0 aliphatic heterocycles. The first-order valence-corrected chi connectivity index (χ1v) is 2.72. The van der Waals surface area contributed by atoms with Gasteiger partial charge in [-0.05, 0) is 0 Å². The first-order valence-electron chi connectivity index (χ1n) is 2.72. The second-order valence-electron chi connectivity index (χ2n) is 1.99. The van der Waals surface area contributed by atoms with E-state index in [1.165, 1.54) is 0 Å². The SMILES string of the molecule is O=C(C(=O)C(F)(F)CF)C(F)(F)F.[Y]. The molecule has 0 aromatic rings. The van der Waals surface area contributed by atoms with Crippen molar-refractivity contribution in [3.8, 4) is 0 Å². The minimum absolute atomic E-state index is 0. The average Bonchev–Trinajstić information content (AvgIpc) is 2.00. The van der Waals surface area contributed by atoms with Crippen molar-refractivity contribution < 1.29 is 68.6 Å². The Hall–Kier alpha value is 0.0239. The summed E-state index contributed by atoms with van der Waals surface area (Å²) in [5, 5.41) is 0. The maximum atomic E-state index is 11.9. The molecule has 0 aromatic carbocycles. The Labute approximate surface area is 98.9 Å². The zero-order chi connectivity index (χ0) is 10.9. The van der Waals surface area contributed by atoms with Crippen molar-refractivity contribution in [2.24, 2.45) is 0 Å². The molecule has 0 aliphatic rings. The van der Waals surface area contributed by atoms with Crippen LogP contribution in [0.3, 0.4) is 0 Å². The van der Waals surface area contributed by atoms with Crippen LogP contribution in [0.4, 0.5) is 26.3 Å². The van der Waals surface area contributed by atoms with Crippen LogP contribution in [-0.2, 0) is 42.3 Å². The van der Waals surface area contributed by atoms with Crippen LogP contribution in [0.1, 0.15) is 0 Å². The Balaban J connectivity index is 0. The Bertz CT molecular complexity index is 235. The van der Waals surface area contributed by atoms with Crippen molar-refractivity contribution in [2.45, 2.75) is 12.1 Å². The topological polar surface area (TPSA) is 34.1 Å². The van der Waals surface area contributed by atoms with E-state index in [0.29, 0.717) is 0 Å². The van der Waals surface area contributed by atoms with Gasteiger partial charge in [-0.2, -0.15) is 22.0 Å².